The minimum absolute atomic E-state index is 0.223. The van der Waals surface area contributed by atoms with Crippen molar-refractivity contribution in [1.82, 2.24) is 5.32 Å². The molecule has 2 atom stereocenters. The first-order valence-corrected chi connectivity index (χ1v) is 9.49. The topological polar surface area (TPSA) is 46.2 Å². The molecule has 2 unspecified atom stereocenters. The molecule has 2 rings (SSSR count). The van der Waals surface area contributed by atoms with Crippen molar-refractivity contribution in [2.45, 2.75) is 38.6 Å². The number of sulfone groups is 1. The smallest absolute Gasteiger partial charge is 0.150 e. The van der Waals surface area contributed by atoms with E-state index in [0.29, 0.717) is 11.5 Å². The van der Waals surface area contributed by atoms with Crippen LogP contribution in [0.1, 0.15) is 31.7 Å². The summed E-state index contributed by atoms with van der Waals surface area (Å²) in [6.07, 6.45) is 3.51. The zero-order chi connectivity index (χ0) is 15.3. The van der Waals surface area contributed by atoms with E-state index in [1.54, 1.807) is 12.1 Å². The van der Waals surface area contributed by atoms with Gasteiger partial charge < -0.3 is 5.32 Å². The largest absolute Gasteiger partial charge is 0.314 e. The van der Waals surface area contributed by atoms with Crippen LogP contribution in [0.5, 0.6) is 0 Å². The number of hydrogen-bond acceptors (Lipinski definition) is 3. The van der Waals surface area contributed by atoms with E-state index in [1.807, 2.05) is 0 Å². The third kappa shape index (κ3) is 5.40. The van der Waals surface area contributed by atoms with E-state index in [1.165, 1.54) is 12.1 Å². The van der Waals surface area contributed by atoms with E-state index >= 15 is 0 Å². The van der Waals surface area contributed by atoms with Crippen molar-refractivity contribution in [3.63, 3.8) is 0 Å². The fourth-order valence-corrected chi connectivity index (χ4v) is 4.83. The Kier molecular flexibility index (Phi) is 5.76. The molecule has 21 heavy (non-hydrogen) atoms. The van der Waals surface area contributed by atoms with Gasteiger partial charge in [0, 0.05) is 6.04 Å². The summed E-state index contributed by atoms with van der Waals surface area (Å²) in [6, 6.07) is 6.83. The Morgan fingerprint density at radius 2 is 2.05 bits per heavy atom. The quantitative estimate of drug-likeness (QED) is 0.841. The molecule has 1 saturated heterocycles. The van der Waals surface area contributed by atoms with E-state index in [-0.39, 0.29) is 17.8 Å². The molecular formula is C16H24FNO2S. The summed E-state index contributed by atoms with van der Waals surface area (Å²) in [7, 11) is -2.82. The van der Waals surface area contributed by atoms with Gasteiger partial charge in [-0.3, -0.25) is 0 Å². The second-order valence-corrected chi connectivity index (χ2v) is 8.22. The fraction of sp³-hybridized carbons (Fsp3) is 0.625. The Balaban J connectivity index is 1.95. The molecule has 5 heteroatoms. The van der Waals surface area contributed by atoms with Crippen molar-refractivity contribution in [2.75, 3.05) is 18.1 Å². The van der Waals surface area contributed by atoms with Crippen LogP contribution in [-0.2, 0) is 16.3 Å². The van der Waals surface area contributed by atoms with Crippen LogP contribution in [0.2, 0.25) is 0 Å². The van der Waals surface area contributed by atoms with E-state index in [4.69, 9.17) is 0 Å². The summed E-state index contributed by atoms with van der Waals surface area (Å²) >= 11 is 0. The maximum atomic E-state index is 13.0. The average molecular weight is 313 g/mol. The molecule has 0 bridgehead atoms. The maximum Gasteiger partial charge on any atom is 0.150 e. The van der Waals surface area contributed by atoms with Gasteiger partial charge in [0.25, 0.3) is 0 Å². The van der Waals surface area contributed by atoms with Crippen LogP contribution < -0.4 is 5.32 Å². The number of nitrogens with one attached hydrogen (secondary N) is 1. The molecular weight excluding hydrogens is 289 g/mol. The van der Waals surface area contributed by atoms with Crippen LogP contribution in [0.25, 0.3) is 0 Å². The summed E-state index contributed by atoms with van der Waals surface area (Å²) in [4.78, 5) is 0. The van der Waals surface area contributed by atoms with Crippen molar-refractivity contribution in [3.8, 4) is 0 Å². The lowest BCUT2D eigenvalue weighted by Gasteiger charge is -2.21. The summed E-state index contributed by atoms with van der Waals surface area (Å²) in [6.45, 7) is 3.04. The number of halogens is 1. The Hall–Kier alpha value is -0.940. The van der Waals surface area contributed by atoms with Gasteiger partial charge in [-0.05, 0) is 55.8 Å². The molecule has 1 aromatic rings. The first-order chi connectivity index (χ1) is 9.98. The highest BCUT2D eigenvalue weighted by molar-refractivity contribution is 7.91. The van der Waals surface area contributed by atoms with Gasteiger partial charge in [-0.15, -0.1) is 0 Å². The van der Waals surface area contributed by atoms with Gasteiger partial charge in [0.05, 0.1) is 11.5 Å². The molecule has 1 heterocycles. The lowest BCUT2D eigenvalue weighted by atomic mass is 9.94. The second-order valence-electron chi connectivity index (χ2n) is 5.99. The molecule has 0 amide bonds. The van der Waals surface area contributed by atoms with Gasteiger partial charge in [0.2, 0.25) is 0 Å². The van der Waals surface area contributed by atoms with Crippen LogP contribution in [0, 0.1) is 11.7 Å². The molecule has 0 aromatic heterocycles. The van der Waals surface area contributed by atoms with Crippen molar-refractivity contribution < 1.29 is 12.8 Å². The summed E-state index contributed by atoms with van der Waals surface area (Å²) in [5.41, 5.74) is 1.09. The van der Waals surface area contributed by atoms with Crippen LogP contribution in [-0.4, -0.2) is 32.5 Å². The van der Waals surface area contributed by atoms with Crippen molar-refractivity contribution in [2.24, 2.45) is 5.92 Å². The normalized spacial score (nSPS) is 22.3. The van der Waals surface area contributed by atoms with Gasteiger partial charge in [0.1, 0.15) is 5.82 Å². The van der Waals surface area contributed by atoms with Gasteiger partial charge in [-0.2, -0.15) is 0 Å². The molecule has 1 aliphatic heterocycles. The third-order valence-electron chi connectivity index (χ3n) is 4.02. The molecule has 1 aromatic carbocycles. The molecule has 0 saturated carbocycles. The zero-order valence-electron chi connectivity index (χ0n) is 12.5. The molecule has 1 N–H and O–H groups in total. The van der Waals surface area contributed by atoms with Crippen molar-refractivity contribution in [3.05, 3.63) is 35.6 Å². The third-order valence-corrected chi connectivity index (χ3v) is 5.86. The lowest BCUT2D eigenvalue weighted by molar-refractivity contribution is 0.402. The van der Waals surface area contributed by atoms with Gasteiger partial charge >= 0.3 is 0 Å². The first kappa shape index (κ1) is 16.4. The molecule has 0 aliphatic carbocycles. The molecule has 0 spiro atoms. The molecule has 1 aliphatic rings. The van der Waals surface area contributed by atoms with Crippen molar-refractivity contribution in [1.29, 1.82) is 0 Å². The van der Waals surface area contributed by atoms with Crippen molar-refractivity contribution >= 4 is 9.84 Å². The van der Waals surface area contributed by atoms with Crippen LogP contribution >= 0.6 is 0 Å². The maximum absolute atomic E-state index is 13.0. The van der Waals surface area contributed by atoms with Crippen LogP contribution in [0.3, 0.4) is 0 Å². The Labute approximate surface area is 126 Å². The molecule has 0 radical (unpaired) electrons. The fourth-order valence-electron chi connectivity index (χ4n) is 2.95. The highest BCUT2D eigenvalue weighted by atomic mass is 32.2. The standard InChI is InChI=1S/C16H24FNO2S/c1-2-8-18-16(10-13-3-5-15(17)6-4-13)11-14-7-9-21(19,20)12-14/h3-6,14,16,18H,2,7-12H2,1H3. The minimum atomic E-state index is -2.82. The van der Waals surface area contributed by atoms with Gasteiger partial charge in [-0.25, -0.2) is 12.8 Å². The zero-order valence-corrected chi connectivity index (χ0v) is 13.3. The summed E-state index contributed by atoms with van der Waals surface area (Å²) < 4.78 is 36.1. The minimum Gasteiger partial charge on any atom is -0.314 e. The van der Waals surface area contributed by atoms with E-state index in [0.717, 1.165) is 37.8 Å². The number of hydrogen-bond donors (Lipinski definition) is 1. The highest BCUT2D eigenvalue weighted by Crippen LogP contribution is 2.24. The predicted octanol–water partition coefficient (Wildman–Crippen LogP) is 2.56. The Bertz CT molecular complexity index is 542. The SMILES string of the molecule is CCCNC(Cc1ccc(F)cc1)CC1CCS(=O)(=O)C1. The van der Waals surface area contributed by atoms with Crippen LogP contribution in [0.4, 0.5) is 4.39 Å². The second kappa shape index (κ2) is 7.36. The number of benzene rings is 1. The highest BCUT2D eigenvalue weighted by Gasteiger charge is 2.29. The molecule has 118 valence electrons. The van der Waals surface area contributed by atoms with Gasteiger partial charge in [0.15, 0.2) is 9.84 Å². The van der Waals surface area contributed by atoms with E-state index in [9.17, 15) is 12.8 Å². The Morgan fingerprint density at radius 3 is 2.62 bits per heavy atom. The predicted molar refractivity (Wildman–Crippen MR) is 83.6 cm³/mol. The van der Waals surface area contributed by atoms with Crippen LogP contribution in [0.15, 0.2) is 24.3 Å². The van der Waals surface area contributed by atoms with E-state index in [2.05, 4.69) is 12.2 Å². The first-order valence-electron chi connectivity index (χ1n) is 7.67. The summed E-state index contributed by atoms with van der Waals surface area (Å²) in [5.74, 6) is 0.679. The number of rotatable bonds is 7. The van der Waals surface area contributed by atoms with E-state index < -0.39 is 9.84 Å². The lowest BCUT2D eigenvalue weighted by Crippen LogP contribution is -2.34. The molecule has 3 nitrogen and oxygen atoms in total. The summed E-state index contributed by atoms with van der Waals surface area (Å²) in [5, 5.41) is 3.50. The molecule has 1 fully saturated rings. The van der Waals surface area contributed by atoms with Gasteiger partial charge in [-0.1, -0.05) is 19.1 Å². The average Bonchev–Trinajstić information content (AvgIpc) is 2.78. The Morgan fingerprint density at radius 1 is 1.33 bits per heavy atom. The monoisotopic (exact) mass is 313 g/mol.